The lowest BCUT2D eigenvalue weighted by Crippen LogP contribution is -2.21. The summed E-state index contributed by atoms with van der Waals surface area (Å²) in [5, 5.41) is 0. The van der Waals surface area contributed by atoms with Crippen molar-refractivity contribution in [3.05, 3.63) is 57.8 Å². The molecule has 1 aromatic heterocycles. The molecule has 0 fully saturated rings. The smallest absolute Gasteiger partial charge is 0.295 e. The topological polar surface area (TPSA) is 26.9 Å². The maximum absolute atomic E-state index is 12.3. The van der Waals surface area contributed by atoms with Crippen molar-refractivity contribution in [1.82, 2.24) is 9.13 Å². The third-order valence-electron chi connectivity index (χ3n) is 3.16. The fourth-order valence-corrected chi connectivity index (χ4v) is 2.14. The Morgan fingerprint density at radius 1 is 1.11 bits per heavy atom. The van der Waals surface area contributed by atoms with Crippen molar-refractivity contribution in [2.24, 2.45) is 7.05 Å². The molecule has 0 amide bonds. The SMILES string of the molecule is C/C=C\c1c(C)n(-c2ccc(C)cc2)c(=O)n1C. The Labute approximate surface area is 107 Å². The van der Waals surface area contributed by atoms with Gasteiger partial charge in [0.25, 0.3) is 0 Å². The lowest BCUT2D eigenvalue weighted by Gasteiger charge is -2.04. The van der Waals surface area contributed by atoms with E-state index in [-0.39, 0.29) is 5.69 Å². The summed E-state index contributed by atoms with van der Waals surface area (Å²) in [7, 11) is 1.80. The highest BCUT2D eigenvalue weighted by Gasteiger charge is 2.13. The summed E-state index contributed by atoms with van der Waals surface area (Å²) in [5.41, 5.74) is 4.00. The van der Waals surface area contributed by atoms with Crippen molar-refractivity contribution >= 4 is 6.08 Å². The van der Waals surface area contributed by atoms with Gasteiger partial charge in [0.05, 0.1) is 11.4 Å². The number of hydrogen-bond acceptors (Lipinski definition) is 1. The predicted octanol–water partition coefficient (Wildman–Crippen LogP) is 2.83. The van der Waals surface area contributed by atoms with Crippen molar-refractivity contribution < 1.29 is 0 Å². The van der Waals surface area contributed by atoms with E-state index in [4.69, 9.17) is 0 Å². The summed E-state index contributed by atoms with van der Waals surface area (Å²) in [6.07, 6.45) is 3.91. The highest BCUT2D eigenvalue weighted by Crippen LogP contribution is 2.14. The molecule has 0 spiro atoms. The molecule has 3 heteroatoms. The van der Waals surface area contributed by atoms with Crippen molar-refractivity contribution in [3.8, 4) is 5.69 Å². The number of aromatic nitrogens is 2. The Hall–Kier alpha value is -2.03. The highest BCUT2D eigenvalue weighted by atomic mass is 16.1. The molecule has 18 heavy (non-hydrogen) atoms. The minimum Gasteiger partial charge on any atom is -0.295 e. The number of nitrogens with zero attached hydrogens (tertiary/aromatic N) is 2. The fourth-order valence-electron chi connectivity index (χ4n) is 2.14. The standard InChI is InChI=1S/C15H18N2O/c1-5-6-14-12(3)17(15(18)16(14)4)13-9-7-11(2)8-10-13/h5-10H,1-4H3/b6-5-. The van der Waals surface area contributed by atoms with Crippen molar-refractivity contribution in [1.29, 1.82) is 0 Å². The molecule has 0 saturated carbocycles. The monoisotopic (exact) mass is 242 g/mol. The van der Waals surface area contributed by atoms with Crippen LogP contribution < -0.4 is 5.69 Å². The first-order valence-electron chi connectivity index (χ1n) is 6.04. The first kappa shape index (κ1) is 12.4. The van der Waals surface area contributed by atoms with E-state index in [1.807, 2.05) is 57.2 Å². The van der Waals surface area contributed by atoms with Gasteiger partial charge < -0.3 is 0 Å². The lowest BCUT2D eigenvalue weighted by molar-refractivity contribution is 0.816. The van der Waals surface area contributed by atoms with Gasteiger partial charge in [-0.2, -0.15) is 0 Å². The zero-order valence-electron chi connectivity index (χ0n) is 11.3. The van der Waals surface area contributed by atoms with E-state index >= 15 is 0 Å². The molecule has 2 rings (SSSR count). The minimum atomic E-state index is -0.00977. The van der Waals surface area contributed by atoms with Crippen LogP contribution in [0.4, 0.5) is 0 Å². The second-order valence-electron chi connectivity index (χ2n) is 4.48. The van der Waals surface area contributed by atoms with Crippen LogP contribution in [-0.2, 0) is 7.05 Å². The molecule has 0 saturated heterocycles. The summed E-state index contributed by atoms with van der Waals surface area (Å²) in [6.45, 7) is 5.96. The summed E-state index contributed by atoms with van der Waals surface area (Å²) < 4.78 is 3.42. The Morgan fingerprint density at radius 3 is 2.28 bits per heavy atom. The van der Waals surface area contributed by atoms with E-state index < -0.39 is 0 Å². The first-order chi connectivity index (χ1) is 8.56. The van der Waals surface area contributed by atoms with Crippen LogP contribution in [0.1, 0.15) is 23.9 Å². The van der Waals surface area contributed by atoms with Crippen LogP contribution in [0.3, 0.4) is 0 Å². The van der Waals surface area contributed by atoms with Gasteiger partial charge >= 0.3 is 5.69 Å². The molecule has 1 heterocycles. The fraction of sp³-hybridized carbons (Fsp3) is 0.267. The average Bonchev–Trinajstić information content (AvgIpc) is 2.56. The van der Waals surface area contributed by atoms with Gasteiger partial charge in [0, 0.05) is 12.7 Å². The molecule has 0 N–H and O–H groups in total. The van der Waals surface area contributed by atoms with E-state index in [0.717, 1.165) is 17.1 Å². The zero-order valence-corrected chi connectivity index (χ0v) is 11.3. The summed E-state index contributed by atoms with van der Waals surface area (Å²) >= 11 is 0. The molecule has 1 aromatic carbocycles. The van der Waals surface area contributed by atoms with E-state index in [1.165, 1.54) is 5.56 Å². The van der Waals surface area contributed by atoms with Crippen LogP contribution >= 0.6 is 0 Å². The van der Waals surface area contributed by atoms with Crippen LogP contribution in [0.25, 0.3) is 11.8 Å². The van der Waals surface area contributed by atoms with Crippen LogP contribution in [-0.4, -0.2) is 9.13 Å². The molecule has 94 valence electrons. The molecule has 0 unspecified atom stereocenters. The maximum Gasteiger partial charge on any atom is 0.333 e. The van der Waals surface area contributed by atoms with Gasteiger partial charge in [-0.05, 0) is 39.0 Å². The van der Waals surface area contributed by atoms with Gasteiger partial charge in [-0.15, -0.1) is 0 Å². The van der Waals surface area contributed by atoms with Gasteiger partial charge in [0.1, 0.15) is 0 Å². The normalized spacial score (nSPS) is 11.3. The lowest BCUT2D eigenvalue weighted by atomic mass is 10.2. The van der Waals surface area contributed by atoms with E-state index in [9.17, 15) is 4.79 Å². The zero-order chi connectivity index (χ0) is 13.3. The summed E-state index contributed by atoms with van der Waals surface area (Å²) in [4.78, 5) is 12.3. The minimum absolute atomic E-state index is 0.00977. The third kappa shape index (κ3) is 1.92. The van der Waals surface area contributed by atoms with E-state index in [1.54, 1.807) is 16.2 Å². The molecular formula is C15H18N2O. The summed E-state index contributed by atoms with van der Waals surface area (Å²) in [6, 6.07) is 7.99. The highest BCUT2D eigenvalue weighted by molar-refractivity contribution is 5.50. The van der Waals surface area contributed by atoms with Crippen LogP contribution in [0.5, 0.6) is 0 Å². The second kappa shape index (κ2) is 4.69. The van der Waals surface area contributed by atoms with Crippen molar-refractivity contribution in [2.45, 2.75) is 20.8 Å². The molecule has 0 aliphatic heterocycles. The molecule has 0 aliphatic rings. The number of imidazole rings is 1. The Kier molecular flexibility index (Phi) is 3.24. The van der Waals surface area contributed by atoms with Gasteiger partial charge in [-0.1, -0.05) is 23.8 Å². The molecule has 0 aliphatic carbocycles. The van der Waals surface area contributed by atoms with Crippen molar-refractivity contribution in [2.75, 3.05) is 0 Å². The van der Waals surface area contributed by atoms with Crippen molar-refractivity contribution in [3.63, 3.8) is 0 Å². The molecule has 0 bridgehead atoms. The second-order valence-corrected chi connectivity index (χ2v) is 4.48. The van der Waals surface area contributed by atoms with Gasteiger partial charge in [0.2, 0.25) is 0 Å². The molecule has 3 nitrogen and oxygen atoms in total. The summed E-state index contributed by atoms with van der Waals surface area (Å²) in [5.74, 6) is 0. The van der Waals surface area contributed by atoms with Crippen LogP contribution in [0.2, 0.25) is 0 Å². The first-order valence-corrected chi connectivity index (χ1v) is 6.04. The van der Waals surface area contributed by atoms with E-state index in [0.29, 0.717) is 0 Å². The number of allylic oxidation sites excluding steroid dienone is 1. The molecule has 0 radical (unpaired) electrons. The molecular weight excluding hydrogens is 224 g/mol. The maximum atomic E-state index is 12.3. The number of rotatable bonds is 2. The quantitative estimate of drug-likeness (QED) is 0.795. The van der Waals surface area contributed by atoms with Gasteiger partial charge in [-0.25, -0.2) is 4.79 Å². The number of aryl methyl sites for hydroxylation is 1. The number of hydrogen-bond donors (Lipinski definition) is 0. The largest absolute Gasteiger partial charge is 0.333 e. The van der Waals surface area contributed by atoms with Crippen LogP contribution in [0, 0.1) is 13.8 Å². The predicted molar refractivity (Wildman–Crippen MR) is 75.2 cm³/mol. The number of benzene rings is 1. The Bertz CT molecular complexity index is 642. The van der Waals surface area contributed by atoms with Crippen LogP contribution in [0.15, 0.2) is 35.1 Å². The average molecular weight is 242 g/mol. The molecule has 2 aromatic rings. The van der Waals surface area contributed by atoms with Gasteiger partial charge in [0.15, 0.2) is 0 Å². The third-order valence-corrected chi connectivity index (χ3v) is 3.16. The Balaban J connectivity index is 2.69. The Morgan fingerprint density at radius 2 is 1.72 bits per heavy atom. The molecule has 0 atom stereocenters. The van der Waals surface area contributed by atoms with Gasteiger partial charge in [-0.3, -0.25) is 9.13 Å². The van der Waals surface area contributed by atoms with E-state index in [2.05, 4.69) is 0 Å².